The fourth-order valence-electron chi connectivity index (χ4n) is 3.21. The van der Waals surface area contributed by atoms with Crippen molar-refractivity contribution in [2.24, 2.45) is 0 Å². The van der Waals surface area contributed by atoms with E-state index in [1.807, 2.05) is 6.07 Å². The van der Waals surface area contributed by atoms with E-state index in [1.165, 1.54) is 6.92 Å². The molecular weight excluding hydrogens is 382 g/mol. The first-order chi connectivity index (χ1) is 13.8. The third-order valence-corrected chi connectivity index (χ3v) is 4.63. The van der Waals surface area contributed by atoms with Crippen LogP contribution in [0.1, 0.15) is 12.5 Å². The Bertz CT molecular complexity index is 1000. The van der Waals surface area contributed by atoms with E-state index in [2.05, 4.69) is 5.32 Å². The lowest BCUT2D eigenvalue weighted by Crippen LogP contribution is -2.45. The van der Waals surface area contributed by atoms with Crippen LogP contribution < -0.4 is 10.2 Å². The zero-order valence-corrected chi connectivity index (χ0v) is 15.4. The summed E-state index contributed by atoms with van der Waals surface area (Å²) >= 11 is 0. The molecule has 1 heterocycles. The van der Waals surface area contributed by atoms with Crippen LogP contribution in [0.2, 0.25) is 0 Å². The van der Waals surface area contributed by atoms with E-state index in [-0.39, 0.29) is 6.54 Å². The number of hydrogen-bond acceptors (Lipinski definition) is 4. The van der Waals surface area contributed by atoms with Gasteiger partial charge in [-0.25, -0.2) is 13.6 Å². The molecule has 0 aromatic heterocycles. The van der Waals surface area contributed by atoms with Gasteiger partial charge in [0.2, 0.25) is 5.91 Å². The van der Waals surface area contributed by atoms with E-state index in [0.29, 0.717) is 10.6 Å². The number of nitrogens with one attached hydrogen (secondary N) is 1. The first-order valence-electron chi connectivity index (χ1n) is 8.60. The molecule has 2 aromatic carbocycles. The fraction of sp³-hybridized carbons (Fsp3) is 0.200. The largest absolute Gasteiger partial charge is 0.325 e. The molecule has 1 aliphatic rings. The molecule has 3 rings (SSSR count). The lowest BCUT2D eigenvalue weighted by atomic mass is 9.91. The van der Waals surface area contributed by atoms with Crippen LogP contribution in [-0.2, 0) is 15.1 Å². The average Bonchev–Trinajstić information content (AvgIpc) is 2.90. The summed E-state index contributed by atoms with van der Waals surface area (Å²) in [5, 5.41) is 11.3. The summed E-state index contributed by atoms with van der Waals surface area (Å²) in [6.45, 7) is 0.183. The van der Waals surface area contributed by atoms with Gasteiger partial charge in [-0.1, -0.05) is 24.3 Å². The Hall–Kier alpha value is -3.80. The van der Waals surface area contributed by atoms with Crippen LogP contribution in [0.25, 0.3) is 0 Å². The Morgan fingerprint density at radius 2 is 1.76 bits per heavy atom. The van der Waals surface area contributed by atoms with Crippen molar-refractivity contribution in [1.82, 2.24) is 10.2 Å². The molecule has 1 atom stereocenters. The number of benzene rings is 2. The van der Waals surface area contributed by atoms with Crippen molar-refractivity contribution in [3.8, 4) is 6.07 Å². The van der Waals surface area contributed by atoms with Crippen LogP contribution >= 0.6 is 0 Å². The zero-order valence-electron chi connectivity index (χ0n) is 15.4. The molecule has 1 fully saturated rings. The zero-order chi connectivity index (χ0) is 21.2. The van der Waals surface area contributed by atoms with E-state index in [4.69, 9.17) is 5.26 Å². The van der Waals surface area contributed by atoms with Gasteiger partial charge in [0.25, 0.3) is 5.91 Å². The molecule has 1 unspecified atom stereocenters. The van der Waals surface area contributed by atoms with E-state index in [1.54, 1.807) is 30.3 Å². The Labute approximate surface area is 165 Å². The number of urea groups is 1. The summed E-state index contributed by atoms with van der Waals surface area (Å²) in [6, 6.07) is 12.2. The fourth-order valence-corrected chi connectivity index (χ4v) is 3.21. The molecular formula is C20H16F2N4O3. The first-order valence-corrected chi connectivity index (χ1v) is 8.60. The summed E-state index contributed by atoms with van der Waals surface area (Å²) in [7, 11) is 0. The van der Waals surface area contributed by atoms with Crippen molar-refractivity contribution in [1.29, 1.82) is 5.26 Å². The number of halogens is 2. The summed E-state index contributed by atoms with van der Waals surface area (Å²) in [6.07, 6.45) is 0. The molecule has 0 saturated carbocycles. The quantitative estimate of drug-likeness (QED) is 0.618. The lowest BCUT2D eigenvalue weighted by Gasteiger charge is -2.24. The van der Waals surface area contributed by atoms with Crippen LogP contribution in [0.15, 0.2) is 48.5 Å². The van der Waals surface area contributed by atoms with Crippen molar-refractivity contribution in [2.75, 3.05) is 18.0 Å². The maximum absolute atomic E-state index is 14.2. The molecule has 0 bridgehead atoms. The van der Waals surface area contributed by atoms with Gasteiger partial charge in [0.1, 0.15) is 30.3 Å². The second-order valence-electron chi connectivity index (χ2n) is 6.52. The predicted molar refractivity (Wildman–Crippen MR) is 98.4 cm³/mol. The van der Waals surface area contributed by atoms with Gasteiger partial charge >= 0.3 is 6.03 Å². The minimum atomic E-state index is -2.00. The average molecular weight is 398 g/mol. The molecule has 9 heteroatoms. The third-order valence-electron chi connectivity index (χ3n) is 4.63. The molecule has 1 N–H and O–H groups in total. The summed E-state index contributed by atoms with van der Waals surface area (Å²) in [5.41, 5.74) is -2.20. The van der Waals surface area contributed by atoms with Gasteiger partial charge in [0.05, 0.1) is 11.6 Å². The Morgan fingerprint density at radius 3 is 2.34 bits per heavy atom. The van der Waals surface area contributed by atoms with Gasteiger partial charge in [-0.2, -0.15) is 5.26 Å². The van der Waals surface area contributed by atoms with Crippen LogP contribution in [-0.4, -0.2) is 35.8 Å². The second kappa shape index (κ2) is 7.67. The van der Waals surface area contributed by atoms with Crippen molar-refractivity contribution in [3.05, 3.63) is 65.7 Å². The second-order valence-corrected chi connectivity index (χ2v) is 6.52. The van der Waals surface area contributed by atoms with Gasteiger partial charge in [-0.05, 0) is 31.2 Å². The highest BCUT2D eigenvalue weighted by atomic mass is 19.1. The predicted octanol–water partition coefficient (Wildman–Crippen LogP) is 2.29. The van der Waals surface area contributed by atoms with Crippen LogP contribution in [0.3, 0.4) is 0 Å². The number of nitriles is 1. The topological polar surface area (TPSA) is 93.5 Å². The number of hydrogen-bond donors (Lipinski definition) is 1. The smallest absolute Gasteiger partial charge is 0.319 e. The SMILES string of the molecule is CC1(c2c(F)cccc2F)NC(=O)N(CC(=O)N(CC#N)c2ccccc2)C1=O. The normalized spacial score (nSPS) is 18.3. The van der Waals surface area contributed by atoms with Gasteiger partial charge < -0.3 is 5.32 Å². The van der Waals surface area contributed by atoms with Gasteiger partial charge in [-0.15, -0.1) is 0 Å². The van der Waals surface area contributed by atoms with Crippen LogP contribution in [0, 0.1) is 23.0 Å². The van der Waals surface area contributed by atoms with Crippen LogP contribution in [0.5, 0.6) is 0 Å². The number of para-hydroxylation sites is 1. The monoisotopic (exact) mass is 398 g/mol. The summed E-state index contributed by atoms with van der Waals surface area (Å²) in [4.78, 5) is 39.6. The van der Waals surface area contributed by atoms with Gasteiger partial charge in [-0.3, -0.25) is 19.4 Å². The molecule has 29 heavy (non-hydrogen) atoms. The molecule has 7 nitrogen and oxygen atoms in total. The minimum absolute atomic E-state index is 0.300. The molecule has 1 saturated heterocycles. The Morgan fingerprint density at radius 1 is 1.14 bits per heavy atom. The first kappa shape index (κ1) is 19.9. The molecule has 0 radical (unpaired) electrons. The molecule has 0 spiro atoms. The molecule has 1 aliphatic heterocycles. The van der Waals surface area contributed by atoms with E-state index in [9.17, 15) is 23.2 Å². The molecule has 148 valence electrons. The summed E-state index contributed by atoms with van der Waals surface area (Å²) in [5.74, 6) is -3.65. The Kier molecular flexibility index (Phi) is 5.28. The maximum Gasteiger partial charge on any atom is 0.325 e. The maximum atomic E-state index is 14.2. The molecule has 0 aliphatic carbocycles. The van der Waals surface area contributed by atoms with Crippen molar-refractivity contribution in [3.63, 3.8) is 0 Å². The van der Waals surface area contributed by atoms with Crippen molar-refractivity contribution in [2.45, 2.75) is 12.5 Å². The van der Waals surface area contributed by atoms with Gasteiger partial charge in [0.15, 0.2) is 0 Å². The highest BCUT2D eigenvalue weighted by Crippen LogP contribution is 2.32. The van der Waals surface area contributed by atoms with Crippen LogP contribution in [0.4, 0.5) is 19.3 Å². The standard InChI is InChI=1S/C20H16F2N4O3/c1-20(17-14(21)8-5-9-15(17)22)18(28)26(19(29)24-20)12-16(27)25(11-10-23)13-6-3-2-4-7-13/h2-9H,11-12H2,1H3,(H,24,29). The number of nitrogens with zero attached hydrogens (tertiary/aromatic N) is 3. The highest BCUT2D eigenvalue weighted by Gasteiger charge is 2.52. The summed E-state index contributed by atoms with van der Waals surface area (Å²) < 4.78 is 28.4. The number of amides is 4. The van der Waals surface area contributed by atoms with Crippen molar-refractivity contribution >= 4 is 23.5 Å². The lowest BCUT2D eigenvalue weighted by molar-refractivity contribution is -0.134. The van der Waals surface area contributed by atoms with E-state index < -0.39 is 47.1 Å². The van der Waals surface area contributed by atoms with E-state index in [0.717, 1.165) is 23.1 Å². The Balaban J connectivity index is 1.88. The number of carbonyl (C=O) groups excluding carboxylic acids is 3. The minimum Gasteiger partial charge on any atom is -0.319 e. The van der Waals surface area contributed by atoms with E-state index >= 15 is 0 Å². The third kappa shape index (κ3) is 3.52. The number of imide groups is 1. The van der Waals surface area contributed by atoms with Gasteiger partial charge in [0, 0.05) is 5.69 Å². The number of rotatable bonds is 5. The molecule has 4 amide bonds. The highest BCUT2D eigenvalue weighted by molar-refractivity contribution is 6.10. The van der Waals surface area contributed by atoms with Crippen molar-refractivity contribution < 1.29 is 23.2 Å². The number of carbonyl (C=O) groups is 3. The number of anilines is 1. The molecule has 2 aromatic rings.